The Balaban J connectivity index is 1.19. The molecule has 8 nitrogen and oxygen atoms in total. The van der Waals surface area contributed by atoms with Gasteiger partial charge in [-0.2, -0.15) is 0 Å². The average molecular weight is 718 g/mol. The third-order valence-corrected chi connectivity index (χ3v) is 11.0. The molecule has 10 heteroatoms. The maximum Gasteiger partial charge on any atom is 0.449 e. The maximum absolute atomic E-state index is 12.6. The van der Waals surface area contributed by atoms with Gasteiger partial charge >= 0.3 is 6.09 Å². The van der Waals surface area contributed by atoms with Crippen LogP contribution in [0.4, 0.5) is 10.5 Å². The number of benzene rings is 3. The second kappa shape index (κ2) is 18.4. The monoisotopic (exact) mass is 717 g/mol. The fraction of sp³-hybridized carbons (Fsp3) is 0.400. The molecule has 1 aliphatic carbocycles. The molecule has 5 atom stereocenters. The zero-order valence-corrected chi connectivity index (χ0v) is 30.3. The molecular weight excluding hydrogens is 670 g/mol. The molecule has 1 aliphatic heterocycles. The van der Waals surface area contributed by atoms with Gasteiger partial charge in [0, 0.05) is 30.1 Å². The van der Waals surface area contributed by atoms with Gasteiger partial charge in [0.15, 0.2) is 0 Å². The summed E-state index contributed by atoms with van der Waals surface area (Å²) in [5.41, 5.74) is 10.4. The van der Waals surface area contributed by atoms with E-state index >= 15 is 0 Å². The van der Waals surface area contributed by atoms with Crippen molar-refractivity contribution in [2.75, 3.05) is 23.8 Å². The minimum atomic E-state index is -1.56. The van der Waals surface area contributed by atoms with E-state index in [1.807, 2.05) is 54.6 Å². The van der Waals surface area contributed by atoms with Crippen molar-refractivity contribution in [1.29, 1.82) is 0 Å². The summed E-state index contributed by atoms with van der Waals surface area (Å²) in [6.07, 6.45) is 11.7. The summed E-state index contributed by atoms with van der Waals surface area (Å²) in [6.45, 7) is 7.84. The summed E-state index contributed by atoms with van der Waals surface area (Å²) in [5.74, 6) is 1.58. The van der Waals surface area contributed by atoms with Crippen molar-refractivity contribution >= 4 is 40.7 Å². The summed E-state index contributed by atoms with van der Waals surface area (Å²) in [6, 6.07) is 21.0. The van der Waals surface area contributed by atoms with Gasteiger partial charge in [-0.05, 0) is 110 Å². The minimum Gasteiger partial charge on any atom is -0.593 e. The highest BCUT2D eigenvalue weighted by molar-refractivity contribution is 7.90. The van der Waals surface area contributed by atoms with Gasteiger partial charge in [-0.15, -0.1) is 11.3 Å². The lowest BCUT2D eigenvalue weighted by Gasteiger charge is -2.41. The number of nitrogens with zero attached hydrogens (tertiary/aromatic N) is 1. The number of amides is 2. The van der Waals surface area contributed by atoms with Gasteiger partial charge in [-0.1, -0.05) is 66.2 Å². The average Bonchev–Trinajstić information content (AvgIpc) is 3.12. The number of carbonyl (C=O) groups is 2. The lowest BCUT2D eigenvalue weighted by Crippen LogP contribution is -2.38. The van der Waals surface area contributed by atoms with Crippen LogP contribution in [0.15, 0.2) is 91.5 Å². The summed E-state index contributed by atoms with van der Waals surface area (Å²) in [7, 11) is 0. The first-order valence-corrected chi connectivity index (χ1v) is 19.2. The summed E-state index contributed by atoms with van der Waals surface area (Å²) in [5, 5.41) is 0.736. The number of carbonyl (C=O) groups excluding carboxylic acids is 2. The fourth-order valence-electron chi connectivity index (χ4n) is 6.63. The van der Waals surface area contributed by atoms with Crippen molar-refractivity contribution < 1.29 is 23.6 Å². The fourth-order valence-corrected chi connectivity index (χ4v) is 7.65. The molecule has 2 aliphatic rings. The van der Waals surface area contributed by atoms with Crippen LogP contribution >= 0.6 is 11.6 Å². The van der Waals surface area contributed by atoms with Crippen molar-refractivity contribution in [2.45, 2.75) is 64.5 Å². The summed E-state index contributed by atoms with van der Waals surface area (Å²) < 4.78 is 26.7. The molecule has 0 saturated heterocycles. The number of nitrogens with two attached hydrogens (primary N) is 1. The van der Waals surface area contributed by atoms with E-state index in [0.717, 1.165) is 67.1 Å². The smallest absolute Gasteiger partial charge is 0.449 e. The van der Waals surface area contributed by atoms with Crippen molar-refractivity contribution in [1.82, 2.24) is 4.72 Å². The molecule has 1 saturated carbocycles. The van der Waals surface area contributed by atoms with Crippen LogP contribution in [0.5, 0.6) is 5.75 Å². The van der Waals surface area contributed by atoms with Gasteiger partial charge in [-0.3, -0.25) is 4.79 Å². The van der Waals surface area contributed by atoms with Gasteiger partial charge in [0.1, 0.15) is 17.6 Å². The number of allylic oxidation sites excluding steroid dienone is 3. The van der Waals surface area contributed by atoms with Crippen LogP contribution in [0.25, 0.3) is 0 Å². The van der Waals surface area contributed by atoms with E-state index in [2.05, 4.69) is 40.5 Å². The topological polar surface area (TPSA) is 117 Å². The lowest BCUT2D eigenvalue weighted by atomic mass is 9.71. The molecule has 1 unspecified atom stereocenters. The summed E-state index contributed by atoms with van der Waals surface area (Å²) >= 11 is 4.85. The van der Waals surface area contributed by atoms with Crippen LogP contribution < -0.4 is 20.1 Å². The molecule has 0 aromatic heterocycles. The summed E-state index contributed by atoms with van der Waals surface area (Å²) in [4.78, 5) is 26.8. The molecule has 3 aromatic carbocycles. The van der Waals surface area contributed by atoms with E-state index in [-0.39, 0.29) is 11.7 Å². The zero-order valence-electron chi connectivity index (χ0n) is 28.7. The van der Waals surface area contributed by atoms with Crippen LogP contribution in [-0.2, 0) is 29.1 Å². The van der Waals surface area contributed by atoms with Gasteiger partial charge in [0.25, 0.3) is 0 Å². The van der Waals surface area contributed by atoms with Gasteiger partial charge in [0.05, 0.1) is 23.7 Å². The van der Waals surface area contributed by atoms with Gasteiger partial charge in [-0.25, -0.2) is 4.79 Å². The number of aryl methyl sites for hydroxylation is 1. The molecule has 266 valence electrons. The van der Waals surface area contributed by atoms with Crippen molar-refractivity contribution in [3.63, 3.8) is 0 Å². The van der Waals surface area contributed by atoms with Gasteiger partial charge in [0.2, 0.25) is 5.91 Å². The largest absolute Gasteiger partial charge is 0.593 e. The predicted octanol–water partition coefficient (Wildman–Crippen LogP) is 8.48. The van der Waals surface area contributed by atoms with Crippen molar-refractivity contribution in [2.24, 2.45) is 23.5 Å². The van der Waals surface area contributed by atoms with E-state index in [4.69, 9.17) is 26.8 Å². The molecule has 50 heavy (non-hydrogen) atoms. The normalized spacial score (nSPS) is 19.4. The van der Waals surface area contributed by atoms with Crippen LogP contribution in [0.1, 0.15) is 78.6 Å². The van der Waals surface area contributed by atoms with E-state index in [1.54, 1.807) is 13.0 Å². The van der Waals surface area contributed by atoms with Crippen molar-refractivity contribution in [3.05, 3.63) is 119 Å². The van der Waals surface area contributed by atoms with Crippen LogP contribution in [0.3, 0.4) is 0 Å². The molecule has 3 N–H and O–H groups in total. The Kier molecular flexibility index (Phi) is 13.7. The maximum atomic E-state index is 12.6. The zero-order chi connectivity index (χ0) is 35.5. The van der Waals surface area contributed by atoms with E-state index < -0.39 is 29.5 Å². The Morgan fingerprint density at radius 2 is 1.92 bits per heavy atom. The molecule has 0 radical (unpaired) electrons. The van der Waals surface area contributed by atoms with Crippen LogP contribution in [0.2, 0.25) is 5.02 Å². The van der Waals surface area contributed by atoms with E-state index in [9.17, 15) is 14.1 Å². The highest BCUT2D eigenvalue weighted by Gasteiger charge is 2.32. The predicted molar refractivity (Wildman–Crippen MR) is 202 cm³/mol. The van der Waals surface area contributed by atoms with E-state index in [1.165, 1.54) is 11.1 Å². The Morgan fingerprint density at radius 3 is 2.66 bits per heavy atom. The Bertz CT molecular complexity index is 1640. The quantitative estimate of drug-likeness (QED) is 0.135. The number of anilines is 1. The number of hydrogen-bond acceptors (Lipinski definition) is 6. The number of halogens is 1. The number of nitrogens with one attached hydrogen (secondary N) is 1. The first-order valence-electron chi connectivity index (χ1n) is 17.5. The Morgan fingerprint density at radius 1 is 1.12 bits per heavy atom. The number of fused-ring (bicyclic) bond motifs is 2. The lowest BCUT2D eigenvalue weighted by molar-refractivity contribution is 0.0999. The molecule has 5 rings (SSSR count). The standard InChI is InChI=1S/C40H48ClN3O5S/c1-3-29(21-23-50(47)43-40(46)49-28(2)30-11-5-4-6-12-30)10-9-14-31-15-16-34(31)26-44-27-35-17-19-36(41)24-32(35)13-7-8-22-48-38-20-18-33(39(42)45)25-37(38)44/h3-6,9-12,17-20,24-25,28-29,31,34H,1,7-8,13-16,21-23,26-27H2,2H3,(H2,42,45)(H,43,46)/b10-9+/t28-,29?,31+,34-,50+/m0/s1. The second-order valence-corrected chi connectivity index (χ2v) is 14.9. The highest BCUT2D eigenvalue weighted by atomic mass is 35.5. The minimum absolute atomic E-state index is 0.0316. The Hall–Kier alpha value is -3.92. The first kappa shape index (κ1) is 37.3. The number of primary amides is 1. The second-order valence-electron chi connectivity index (χ2n) is 13.2. The number of rotatable bonds is 13. The van der Waals surface area contributed by atoms with E-state index in [0.29, 0.717) is 37.0 Å². The number of hydrogen-bond donors (Lipinski definition) is 2. The van der Waals surface area contributed by atoms with Gasteiger partial charge < -0.3 is 24.7 Å². The molecule has 3 aromatic rings. The highest BCUT2D eigenvalue weighted by Crippen LogP contribution is 2.41. The molecule has 0 spiro atoms. The SMILES string of the molecule is C=CC(/C=C/C[C@@H]1CC[C@H]1CN1Cc2ccc(Cl)cc2CCCCOc2ccc(C(N)=O)cc21)CC[S@@+]([O-])NC(=O)O[C@@H](C)c1ccccc1. The van der Waals surface area contributed by atoms with Crippen molar-refractivity contribution in [3.8, 4) is 5.75 Å². The van der Waals surface area contributed by atoms with Crippen LogP contribution in [-0.4, -0.2) is 35.5 Å². The third kappa shape index (κ3) is 10.5. The molecule has 2 amide bonds. The molecule has 0 bridgehead atoms. The first-order chi connectivity index (χ1) is 24.2. The molecule has 1 heterocycles. The molecular formula is C40H48ClN3O5S. The number of ether oxygens (including phenoxy) is 2. The Labute approximate surface area is 304 Å². The third-order valence-electron chi connectivity index (χ3n) is 9.75. The molecule has 1 fully saturated rings. The van der Waals surface area contributed by atoms with Crippen LogP contribution in [0, 0.1) is 17.8 Å².